The fourth-order valence-electron chi connectivity index (χ4n) is 3.02. The second kappa shape index (κ2) is 10.2. The lowest BCUT2D eigenvalue weighted by Crippen LogP contribution is -2.53. The topological polar surface area (TPSA) is 83.2 Å². The third kappa shape index (κ3) is 6.63. The van der Waals surface area contributed by atoms with Crippen molar-refractivity contribution in [1.29, 1.82) is 0 Å². The summed E-state index contributed by atoms with van der Waals surface area (Å²) in [4.78, 5) is 24.7. The van der Waals surface area contributed by atoms with Gasteiger partial charge < -0.3 is 24.3 Å². The molecule has 1 saturated heterocycles. The zero-order valence-corrected chi connectivity index (χ0v) is 17.1. The summed E-state index contributed by atoms with van der Waals surface area (Å²) >= 11 is 0. The minimum atomic E-state index is -4.40. The predicted octanol–water partition coefficient (Wildman–Crippen LogP) is 2.54. The van der Waals surface area contributed by atoms with Crippen LogP contribution in [0.25, 0.3) is 0 Å². The van der Waals surface area contributed by atoms with Gasteiger partial charge in [-0.25, -0.2) is 9.98 Å². The van der Waals surface area contributed by atoms with Gasteiger partial charge in [0, 0.05) is 45.0 Å². The molecule has 3 heterocycles. The van der Waals surface area contributed by atoms with E-state index in [0.717, 1.165) is 5.56 Å². The third-order valence-corrected chi connectivity index (χ3v) is 4.53. The zero-order valence-electron chi connectivity index (χ0n) is 17.1. The van der Waals surface area contributed by atoms with Gasteiger partial charge in [-0.1, -0.05) is 6.07 Å². The molecule has 0 aliphatic carbocycles. The maximum atomic E-state index is 12.4. The standard InChI is InChI=1S/C20H24F3N5O3/c1-2-24-19(26-13-15-5-6-17(25-12-15)31-14-20(21,22)23)28-9-7-27(8-10-28)18(29)16-4-3-11-30-16/h3-6,11-12H,2,7-10,13-14H2,1H3,(H,24,26). The molecule has 168 valence electrons. The number of rotatable bonds is 6. The first-order chi connectivity index (χ1) is 14.9. The Morgan fingerprint density at radius 2 is 1.97 bits per heavy atom. The summed E-state index contributed by atoms with van der Waals surface area (Å²) in [6.07, 6.45) is -1.49. The number of carbonyl (C=O) groups is 1. The van der Waals surface area contributed by atoms with Crippen LogP contribution >= 0.6 is 0 Å². The molecule has 1 aliphatic rings. The van der Waals surface area contributed by atoms with Crippen LogP contribution in [0.4, 0.5) is 13.2 Å². The number of hydrogen-bond acceptors (Lipinski definition) is 5. The molecule has 2 aromatic rings. The van der Waals surface area contributed by atoms with Gasteiger partial charge in [0.1, 0.15) is 0 Å². The van der Waals surface area contributed by atoms with Crippen LogP contribution in [-0.2, 0) is 6.54 Å². The van der Waals surface area contributed by atoms with Crippen molar-refractivity contribution >= 4 is 11.9 Å². The van der Waals surface area contributed by atoms with Gasteiger partial charge in [-0.3, -0.25) is 4.79 Å². The minimum Gasteiger partial charge on any atom is -0.468 e. The number of ether oxygens (including phenoxy) is 1. The van der Waals surface area contributed by atoms with E-state index in [1.165, 1.54) is 18.5 Å². The molecule has 2 aromatic heterocycles. The van der Waals surface area contributed by atoms with Gasteiger partial charge in [0.15, 0.2) is 18.3 Å². The van der Waals surface area contributed by atoms with E-state index in [0.29, 0.717) is 51.0 Å². The number of aromatic nitrogens is 1. The summed E-state index contributed by atoms with van der Waals surface area (Å²) in [7, 11) is 0. The van der Waals surface area contributed by atoms with Crippen LogP contribution in [-0.4, -0.2) is 72.2 Å². The van der Waals surface area contributed by atoms with Crippen LogP contribution in [0.15, 0.2) is 46.1 Å². The smallest absolute Gasteiger partial charge is 0.422 e. The summed E-state index contributed by atoms with van der Waals surface area (Å²) in [5.74, 6) is 0.800. The van der Waals surface area contributed by atoms with Gasteiger partial charge in [0.2, 0.25) is 5.88 Å². The Kier molecular flexibility index (Phi) is 7.37. The molecule has 3 rings (SSSR count). The molecule has 0 radical (unpaired) electrons. The number of aliphatic imine (C=N–C) groups is 1. The largest absolute Gasteiger partial charge is 0.468 e. The lowest BCUT2D eigenvalue weighted by atomic mass is 10.3. The molecule has 0 bridgehead atoms. The molecule has 0 atom stereocenters. The van der Waals surface area contributed by atoms with Crippen molar-refractivity contribution in [2.75, 3.05) is 39.3 Å². The van der Waals surface area contributed by atoms with E-state index in [1.807, 2.05) is 6.92 Å². The fourth-order valence-corrected chi connectivity index (χ4v) is 3.02. The summed E-state index contributed by atoms with van der Waals surface area (Å²) < 4.78 is 46.4. The molecule has 1 amide bonds. The fraction of sp³-hybridized carbons (Fsp3) is 0.450. The average molecular weight is 439 g/mol. The highest BCUT2D eigenvalue weighted by Crippen LogP contribution is 2.17. The van der Waals surface area contributed by atoms with Crippen molar-refractivity contribution in [2.24, 2.45) is 4.99 Å². The molecule has 0 aromatic carbocycles. The van der Waals surface area contributed by atoms with E-state index in [2.05, 4.69) is 24.9 Å². The second-order valence-electron chi connectivity index (χ2n) is 6.84. The lowest BCUT2D eigenvalue weighted by molar-refractivity contribution is -0.154. The van der Waals surface area contributed by atoms with Gasteiger partial charge in [0.05, 0.1) is 12.8 Å². The number of nitrogens with zero attached hydrogens (tertiary/aromatic N) is 4. The number of guanidine groups is 1. The first-order valence-electron chi connectivity index (χ1n) is 9.86. The normalized spacial score (nSPS) is 15.2. The molecule has 1 aliphatic heterocycles. The SMILES string of the molecule is CCNC(=NCc1ccc(OCC(F)(F)F)nc1)N1CCN(C(=O)c2ccco2)CC1. The van der Waals surface area contributed by atoms with Crippen molar-refractivity contribution in [2.45, 2.75) is 19.6 Å². The molecular formula is C20H24F3N5O3. The Labute approximate surface area is 177 Å². The second-order valence-corrected chi connectivity index (χ2v) is 6.84. The van der Waals surface area contributed by atoms with Crippen molar-refractivity contribution < 1.29 is 27.1 Å². The molecule has 1 N–H and O–H groups in total. The summed E-state index contributed by atoms with van der Waals surface area (Å²) in [5.41, 5.74) is 0.737. The highest BCUT2D eigenvalue weighted by molar-refractivity contribution is 5.91. The number of halogens is 3. The van der Waals surface area contributed by atoms with Crippen molar-refractivity contribution in [3.05, 3.63) is 48.0 Å². The highest BCUT2D eigenvalue weighted by atomic mass is 19.4. The quantitative estimate of drug-likeness (QED) is 0.550. The van der Waals surface area contributed by atoms with Crippen molar-refractivity contribution in [3.63, 3.8) is 0 Å². The van der Waals surface area contributed by atoms with Crippen molar-refractivity contribution in [3.8, 4) is 5.88 Å². The molecule has 31 heavy (non-hydrogen) atoms. The lowest BCUT2D eigenvalue weighted by Gasteiger charge is -2.36. The van der Waals surface area contributed by atoms with E-state index >= 15 is 0 Å². The summed E-state index contributed by atoms with van der Waals surface area (Å²) in [6.45, 7) is 3.86. The first kappa shape index (κ1) is 22.4. The Balaban J connectivity index is 1.55. The average Bonchev–Trinajstić information content (AvgIpc) is 3.30. The van der Waals surface area contributed by atoms with Crippen molar-refractivity contribution in [1.82, 2.24) is 20.1 Å². The van der Waals surface area contributed by atoms with E-state index in [9.17, 15) is 18.0 Å². The number of piperazine rings is 1. The van der Waals surface area contributed by atoms with Crippen LogP contribution < -0.4 is 10.1 Å². The molecule has 8 nitrogen and oxygen atoms in total. The van der Waals surface area contributed by atoms with Gasteiger partial charge in [0.25, 0.3) is 5.91 Å². The van der Waals surface area contributed by atoms with E-state index in [1.54, 1.807) is 23.1 Å². The number of carbonyl (C=O) groups excluding carboxylic acids is 1. The first-order valence-corrected chi connectivity index (χ1v) is 9.86. The van der Waals surface area contributed by atoms with Gasteiger partial charge in [-0.05, 0) is 24.6 Å². The number of nitrogens with one attached hydrogen (secondary N) is 1. The number of furan rings is 1. The van der Waals surface area contributed by atoms with Gasteiger partial charge in [-0.15, -0.1) is 0 Å². The molecule has 0 unspecified atom stereocenters. The van der Waals surface area contributed by atoms with Crippen LogP contribution in [0.3, 0.4) is 0 Å². The predicted molar refractivity (Wildman–Crippen MR) is 107 cm³/mol. The Morgan fingerprint density at radius 3 is 2.55 bits per heavy atom. The number of hydrogen-bond donors (Lipinski definition) is 1. The molecule has 1 fully saturated rings. The van der Waals surface area contributed by atoms with Crippen LogP contribution in [0.2, 0.25) is 0 Å². The minimum absolute atomic E-state index is 0.0886. The number of amides is 1. The third-order valence-electron chi connectivity index (χ3n) is 4.53. The van der Waals surface area contributed by atoms with E-state index in [4.69, 9.17) is 4.42 Å². The van der Waals surface area contributed by atoms with Crippen LogP contribution in [0.1, 0.15) is 23.0 Å². The Hall–Kier alpha value is -3.24. The number of alkyl halides is 3. The molecule has 11 heteroatoms. The summed E-state index contributed by atoms with van der Waals surface area (Å²) in [6, 6.07) is 6.35. The summed E-state index contributed by atoms with van der Waals surface area (Å²) in [5, 5.41) is 3.23. The van der Waals surface area contributed by atoms with Gasteiger partial charge in [-0.2, -0.15) is 13.2 Å². The van der Waals surface area contributed by atoms with E-state index < -0.39 is 12.8 Å². The highest BCUT2D eigenvalue weighted by Gasteiger charge is 2.28. The molecule has 0 spiro atoms. The van der Waals surface area contributed by atoms with Crippen LogP contribution in [0, 0.1) is 0 Å². The maximum absolute atomic E-state index is 12.4. The zero-order chi connectivity index (χ0) is 22.3. The molecular weight excluding hydrogens is 415 g/mol. The molecule has 0 saturated carbocycles. The number of pyridine rings is 1. The Bertz CT molecular complexity index is 861. The monoisotopic (exact) mass is 439 g/mol. The Morgan fingerprint density at radius 1 is 1.23 bits per heavy atom. The van der Waals surface area contributed by atoms with Gasteiger partial charge >= 0.3 is 6.18 Å². The maximum Gasteiger partial charge on any atom is 0.422 e. The van der Waals surface area contributed by atoms with E-state index in [-0.39, 0.29) is 11.8 Å². The van der Waals surface area contributed by atoms with Crippen LogP contribution in [0.5, 0.6) is 5.88 Å².